The summed E-state index contributed by atoms with van der Waals surface area (Å²) in [6.07, 6.45) is 4.86. The third-order valence-corrected chi connectivity index (χ3v) is 5.02. The van der Waals surface area contributed by atoms with Gasteiger partial charge in [-0.2, -0.15) is 0 Å². The van der Waals surface area contributed by atoms with Crippen LogP contribution in [0.3, 0.4) is 0 Å². The van der Waals surface area contributed by atoms with Crippen LogP contribution in [0.25, 0.3) is 0 Å². The van der Waals surface area contributed by atoms with Crippen LogP contribution in [0.5, 0.6) is 0 Å². The van der Waals surface area contributed by atoms with Crippen LogP contribution in [0.1, 0.15) is 52.4 Å². The summed E-state index contributed by atoms with van der Waals surface area (Å²) in [5.74, 6) is 0.350. The first-order chi connectivity index (χ1) is 7.94. The van der Waals surface area contributed by atoms with E-state index in [-0.39, 0.29) is 17.7 Å². The lowest BCUT2D eigenvalue weighted by Gasteiger charge is -2.28. The molecule has 0 spiro atoms. The van der Waals surface area contributed by atoms with E-state index in [9.17, 15) is 13.5 Å². The van der Waals surface area contributed by atoms with E-state index in [1.165, 1.54) is 0 Å². The first-order valence-corrected chi connectivity index (χ1v) is 8.28. The molecule has 5 heteroatoms. The van der Waals surface area contributed by atoms with Crippen molar-refractivity contribution in [2.45, 2.75) is 64.5 Å². The number of hydrogen-bond donors (Lipinski definition) is 2. The van der Waals surface area contributed by atoms with Gasteiger partial charge in [-0.3, -0.25) is 0 Å². The van der Waals surface area contributed by atoms with Gasteiger partial charge in [-0.1, -0.05) is 33.1 Å². The molecule has 102 valence electrons. The second-order valence-corrected chi connectivity index (χ2v) is 7.05. The van der Waals surface area contributed by atoms with Gasteiger partial charge >= 0.3 is 0 Å². The summed E-state index contributed by atoms with van der Waals surface area (Å²) < 4.78 is 26.5. The fourth-order valence-corrected chi connectivity index (χ4v) is 4.23. The highest BCUT2D eigenvalue weighted by Crippen LogP contribution is 2.19. The van der Waals surface area contributed by atoms with Gasteiger partial charge in [0.2, 0.25) is 10.0 Å². The van der Waals surface area contributed by atoms with Gasteiger partial charge in [0.05, 0.1) is 11.9 Å². The van der Waals surface area contributed by atoms with Gasteiger partial charge < -0.3 is 5.11 Å². The standard InChI is InChI=1S/C12H25NO3S/c1-3-6-10(2)9-17(15,16)13-11-7-4-5-8-12(11)14/h10-14H,3-9H2,1-2H3/t10-,11+,12+/m0/s1. The predicted molar refractivity (Wildman–Crippen MR) is 69.3 cm³/mol. The van der Waals surface area contributed by atoms with Crippen LogP contribution < -0.4 is 4.72 Å². The van der Waals surface area contributed by atoms with E-state index >= 15 is 0 Å². The van der Waals surface area contributed by atoms with Gasteiger partial charge in [0.1, 0.15) is 0 Å². The van der Waals surface area contributed by atoms with Crippen molar-refractivity contribution in [2.24, 2.45) is 5.92 Å². The molecule has 0 aliphatic heterocycles. The van der Waals surface area contributed by atoms with Crippen LogP contribution in [-0.4, -0.2) is 31.4 Å². The van der Waals surface area contributed by atoms with E-state index in [0.29, 0.717) is 6.42 Å². The Balaban J connectivity index is 2.47. The smallest absolute Gasteiger partial charge is 0.212 e. The lowest BCUT2D eigenvalue weighted by molar-refractivity contribution is 0.101. The molecule has 0 aromatic heterocycles. The molecule has 0 unspecified atom stereocenters. The largest absolute Gasteiger partial charge is 0.391 e. The summed E-state index contributed by atoms with van der Waals surface area (Å²) in [6.45, 7) is 4.02. The van der Waals surface area contributed by atoms with Gasteiger partial charge in [-0.05, 0) is 25.2 Å². The quantitative estimate of drug-likeness (QED) is 0.765. The van der Waals surface area contributed by atoms with Crippen LogP contribution in [0.4, 0.5) is 0 Å². The number of sulfonamides is 1. The van der Waals surface area contributed by atoms with Crippen LogP contribution in [0.15, 0.2) is 0 Å². The number of nitrogens with one attached hydrogen (secondary N) is 1. The fraction of sp³-hybridized carbons (Fsp3) is 1.00. The second kappa shape index (κ2) is 6.71. The molecule has 1 fully saturated rings. The van der Waals surface area contributed by atoms with Crippen molar-refractivity contribution in [3.63, 3.8) is 0 Å². The van der Waals surface area contributed by atoms with Crippen LogP contribution in [0.2, 0.25) is 0 Å². The van der Waals surface area contributed by atoms with Crippen LogP contribution in [-0.2, 0) is 10.0 Å². The van der Waals surface area contributed by atoms with Crippen LogP contribution in [0, 0.1) is 5.92 Å². The Kier molecular flexibility index (Phi) is 5.89. The molecule has 0 saturated heterocycles. The Morgan fingerprint density at radius 3 is 2.59 bits per heavy atom. The molecular formula is C12H25NO3S. The molecule has 0 aromatic carbocycles. The molecular weight excluding hydrogens is 238 g/mol. The van der Waals surface area contributed by atoms with Crippen molar-refractivity contribution in [1.29, 1.82) is 0 Å². The van der Waals surface area contributed by atoms with E-state index < -0.39 is 16.1 Å². The highest BCUT2D eigenvalue weighted by Gasteiger charge is 2.27. The van der Waals surface area contributed by atoms with Gasteiger partial charge in [-0.15, -0.1) is 0 Å². The summed E-state index contributed by atoms with van der Waals surface area (Å²) in [5.41, 5.74) is 0. The lowest BCUT2D eigenvalue weighted by Crippen LogP contribution is -2.46. The molecule has 4 nitrogen and oxygen atoms in total. The fourth-order valence-electron chi connectivity index (χ4n) is 2.48. The second-order valence-electron chi connectivity index (χ2n) is 5.25. The zero-order chi connectivity index (χ0) is 12.9. The first kappa shape index (κ1) is 14.9. The summed E-state index contributed by atoms with van der Waals surface area (Å²) in [7, 11) is -3.25. The molecule has 0 aromatic rings. The van der Waals surface area contributed by atoms with E-state index in [2.05, 4.69) is 11.6 Å². The molecule has 2 N–H and O–H groups in total. The minimum absolute atomic E-state index is 0.171. The molecule has 1 aliphatic carbocycles. The van der Waals surface area contributed by atoms with Crippen molar-refractivity contribution in [3.8, 4) is 0 Å². The Hall–Kier alpha value is -0.130. The molecule has 0 amide bonds. The summed E-state index contributed by atoms with van der Waals surface area (Å²) in [6, 6.07) is -0.275. The third-order valence-electron chi connectivity index (χ3n) is 3.35. The average molecular weight is 263 g/mol. The van der Waals surface area contributed by atoms with Gasteiger partial charge in [0.15, 0.2) is 0 Å². The number of rotatable bonds is 6. The minimum Gasteiger partial charge on any atom is -0.391 e. The Morgan fingerprint density at radius 1 is 1.35 bits per heavy atom. The Labute approximate surface area is 105 Å². The van der Waals surface area contributed by atoms with Crippen molar-refractivity contribution < 1.29 is 13.5 Å². The maximum atomic E-state index is 11.9. The molecule has 3 atom stereocenters. The van der Waals surface area contributed by atoms with Crippen molar-refractivity contribution in [1.82, 2.24) is 4.72 Å². The minimum atomic E-state index is -3.25. The summed E-state index contributed by atoms with van der Waals surface area (Å²) in [5, 5.41) is 9.74. The average Bonchev–Trinajstić information content (AvgIpc) is 2.20. The highest BCUT2D eigenvalue weighted by molar-refractivity contribution is 7.89. The molecule has 0 radical (unpaired) electrons. The molecule has 1 saturated carbocycles. The molecule has 0 heterocycles. The van der Waals surface area contributed by atoms with Gasteiger partial charge in [0, 0.05) is 6.04 Å². The Morgan fingerprint density at radius 2 is 2.00 bits per heavy atom. The first-order valence-electron chi connectivity index (χ1n) is 6.62. The zero-order valence-corrected chi connectivity index (χ0v) is 11.7. The van der Waals surface area contributed by atoms with E-state index in [4.69, 9.17) is 0 Å². The lowest BCUT2D eigenvalue weighted by atomic mass is 9.93. The zero-order valence-electron chi connectivity index (χ0n) is 10.9. The van der Waals surface area contributed by atoms with E-state index in [1.54, 1.807) is 0 Å². The summed E-state index contributed by atoms with van der Waals surface area (Å²) >= 11 is 0. The molecule has 17 heavy (non-hydrogen) atoms. The van der Waals surface area contributed by atoms with Crippen molar-refractivity contribution in [3.05, 3.63) is 0 Å². The summed E-state index contributed by atoms with van der Waals surface area (Å²) in [4.78, 5) is 0. The van der Waals surface area contributed by atoms with Crippen LogP contribution >= 0.6 is 0 Å². The monoisotopic (exact) mass is 263 g/mol. The van der Waals surface area contributed by atoms with E-state index in [0.717, 1.165) is 32.1 Å². The normalized spacial score (nSPS) is 27.9. The molecule has 0 bridgehead atoms. The third kappa shape index (κ3) is 5.36. The maximum absolute atomic E-state index is 11.9. The topological polar surface area (TPSA) is 66.4 Å². The number of aliphatic hydroxyl groups excluding tert-OH is 1. The highest BCUT2D eigenvalue weighted by atomic mass is 32.2. The molecule has 1 aliphatic rings. The van der Waals surface area contributed by atoms with Gasteiger partial charge in [0.25, 0.3) is 0 Å². The molecule has 1 rings (SSSR count). The maximum Gasteiger partial charge on any atom is 0.212 e. The SMILES string of the molecule is CCC[C@H](C)CS(=O)(=O)N[C@@H]1CCCC[C@H]1O. The van der Waals surface area contributed by atoms with Gasteiger partial charge in [-0.25, -0.2) is 13.1 Å². The van der Waals surface area contributed by atoms with E-state index in [1.807, 2.05) is 6.92 Å². The Bertz CT molecular complexity index is 316. The predicted octanol–water partition coefficient (Wildman–Crippen LogP) is 1.65. The van der Waals surface area contributed by atoms with Crippen molar-refractivity contribution in [2.75, 3.05) is 5.75 Å². The number of aliphatic hydroxyl groups is 1. The van der Waals surface area contributed by atoms with Crippen molar-refractivity contribution >= 4 is 10.0 Å². The number of hydrogen-bond acceptors (Lipinski definition) is 3.